The summed E-state index contributed by atoms with van der Waals surface area (Å²) in [5, 5.41) is 0. The molecule has 1 fully saturated rings. The van der Waals surface area contributed by atoms with Crippen molar-refractivity contribution in [2.45, 2.75) is 6.54 Å². The number of rotatable bonds is 8. The molecule has 2 aromatic carbocycles. The number of benzene rings is 2. The summed E-state index contributed by atoms with van der Waals surface area (Å²) in [5.74, 6) is 1.77. The van der Waals surface area contributed by atoms with Gasteiger partial charge in [0.1, 0.15) is 24.4 Å². The predicted octanol–water partition coefficient (Wildman–Crippen LogP) is 4.06. The van der Waals surface area contributed by atoms with E-state index < -0.39 is 0 Å². The highest BCUT2D eigenvalue weighted by Gasteiger charge is 2.20. The first-order valence-electron chi connectivity index (χ1n) is 10.8. The van der Waals surface area contributed by atoms with Gasteiger partial charge >= 0.3 is 0 Å². The van der Waals surface area contributed by atoms with E-state index in [2.05, 4.69) is 15.9 Å². The third kappa shape index (κ3) is 5.59. The van der Waals surface area contributed by atoms with E-state index in [9.17, 15) is 4.79 Å². The van der Waals surface area contributed by atoms with Gasteiger partial charge in [-0.2, -0.15) is 0 Å². The minimum absolute atomic E-state index is 0.160. The first-order valence-corrected chi connectivity index (χ1v) is 10.8. The van der Waals surface area contributed by atoms with Crippen LogP contribution in [-0.4, -0.2) is 44.8 Å². The molecule has 0 amide bonds. The van der Waals surface area contributed by atoms with Crippen molar-refractivity contribution in [2.75, 3.05) is 44.8 Å². The number of para-hydroxylation sites is 2. The predicted molar refractivity (Wildman–Crippen MR) is 126 cm³/mol. The minimum atomic E-state index is -0.160. The van der Waals surface area contributed by atoms with Crippen LogP contribution in [-0.2, 0) is 6.54 Å². The van der Waals surface area contributed by atoms with Gasteiger partial charge in [-0.15, -0.1) is 0 Å². The Morgan fingerprint density at radius 1 is 0.969 bits per heavy atom. The summed E-state index contributed by atoms with van der Waals surface area (Å²) in [6, 6.07) is 19.6. The van der Waals surface area contributed by atoms with Gasteiger partial charge < -0.3 is 18.8 Å². The summed E-state index contributed by atoms with van der Waals surface area (Å²) >= 11 is 0. The Bertz CT molecular complexity index is 1090. The molecule has 0 aliphatic carbocycles. The molecule has 0 saturated carbocycles. The van der Waals surface area contributed by atoms with E-state index in [-0.39, 0.29) is 11.2 Å². The number of nitrogens with zero attached hydrogens (tertiary/aromatic N) is 2. The molecule has 0 bridgehead atoms. The zero-order valence-electron chi connectivity index (χ0n) is 18.3. The van der Waals surface area contributed by atoms with Crippen LogP contribution in [0.5, 0.6) is 11.5 Å². The SMILES string of the molecule is COc1ccccc1N1CCN(Cc2cc(=O)c(OC/C=C/c3ccccc3)co2)CC1. The van der Waals surface area contributed by atoms with Gasteiger partial charge in [-0.25, -0.2) is 0 Å². The fraction of sp³-hybridized carbons (Fsp3) is 0.269. The molecule has 1 aromatic heterocycles. The summed E-state index contributed by atoms with van der Waals surface area (Å²) < 4.78 is 16.7. The second-order valence-corrected chi connectivity index (χ2v) is 7.63. The number of anilines is 1. The number of hydrogen-bond donors (Lipinski definition) is 0. The highest BCUT2D eigenvalue weighted by molar-refractivity contribution is 5.58. The smallest absolute Gasteiger partial charge is 0.227 e. The molecule has 2 heterocycles. The third-order valence-corrected chi connectivity index (χ3v) is 5.47. The molecule has 0 atom stereocenters. The average molecular weight is 433 g/mol. The molecular formula is C26H28N2O4. The van der Waals surface area contributed by atoms with E-state index >= 15 is 0 Å². The van der Waals surface area contributed by atoms with E-state index in [4.69, 9.17) is 13.9 Å². The maximum absolute atomic E-state index is 12.4. The highest BCUT2D eigenvalue weighted by atomic mass is 16.5. The first kappa shape index (κ1) is 21.7. The van der Waals surface area contributed by atoms with Gasteiger partial charge in [0.25, 0.3) is 0 Å². The van der Waals surface area contributed by atoms with Crippen molar-refractivity contribution in [2.24, 2.45) is 0 Å². The summed E-state index contributed by atoms with van der Waals surface area (Å²) in [4.78, 5) is 17.0. The van der Waals surface area contributed by atoms with Crippen LogP contribution in [0.25, 0.3) is 6.08 Å². The van der Waals surface area contributed by atoms with Gasteiger partial charge in [0.2, 0.25) is 11.2 Å². The van der Waals surface area contributed by atoms with E-state index in [1.165, 1.54) is 12.3 Å². The van der Waals surface area contributed by atoms with Crippen molar-refractivity contribution in [3.63, 3.8) is 0 Å². The second kappa shape index (κ2) is 10.7. The average Bonchev–Trinajstić information content (AvgIpc) is 2.84. The molecule has 0 spiro atoms. The largest absolute Gasteiger partial charge is 0.495 e. The molecule has 1 aliphatic rings. The zero-order chi connectivity index (χ0) is 22.2. The van der Waals surface area contributed by atoms with Crippen LogP contribution in [0.1, 0.15) is 11.3 Å². The van der Waals surface area contributed by atoms with Crippen LogP contribution >= 0.6 is 0 Å². The number of methoxy groups -OCH3 is 1. The quantitative estimate of drug-likeness (QED) is 0.535. The van der Waals surface area contributed by atoms with E-state index in [1.54, 1.807) is 7.11 Å². The van der Waals surface area contributed by atoms with Crippen LogP contribution in [0.15, 0.2) is 82.2 Å². The maximum Gasteiger partial charge on any atom is 0.227 e. The Hall–Kier alpha value is -3.51. The third-order valence-electron chi connectivity index (χ3n) is 5.47. The Morgan fingerprint density at radius 3 is 2.47 bits per heavy atom. The zero-order valence-corrected chi connectivity index (χ0v) is 18.3. The molecule has 4 rings (SSSR count). The normalized spacial score (nSPS) is 14.6. The summed E-state index contributed by atoms with van der Waals surface area (Å²) in [7, 11) is 1.70. The van der Waals surface area contributed by atoms with Crippen molar-refractivity contribution in [3.05, 3.63) is 94.5 Å². The standard InChI is InChI=1S/C26H28N2O4/c1-30-25-12-6-5-11-23(25)28-15-13-27(14-16-28)19-22-18-24(29)26(20-32-22)31-17-7-10-21-8-3-2-4-9-21/h2-12,18,20H,13-17,19H2,1H3/b10-7+. The topological polar surface area (TPSA) is 55.2 Å². The molecular weight excluding hydrogens is 404 g/mol. The van der Waals surface area contributed by atoms with Crippen molar-refractivity contribution in [1.82, 2.24) is 4.90 Å². The lowest BCUT2D eigenvalue weighted by Crippen LogP contribution is -2.46. The van der Waals surface area contributed by atoms with Crippen molar-refractivity contribution < 1.29 is 13.9 Å². The lowest BCUT2D eigenvalue weighted by Gasteiger charge is -2.36. The molecule has 0 N–H and O–H groups in total. The molecule has 0 unspecified atom stereocenters. The Kier molecular flexibility index (Phi) is 7.25. The molecule has 166 valence electrons. The molecule has 1 aliphatic heterocycles. The van der Waals surface area contributed by atoms with Crippen LogP contribution in [0.2, 0.25) is 0 Å². The first-order chi connectivity index (χ1) is 15.7. The Morgan fingerprint density at radius 2 is 1.72 bits per heavy atom. The van der Waals surface area contributed by atoms with Crippen molar-refractivity contribution in [3.8, 4) is 11.5 Å². The van der Waals surface area contributed by atoms with Crippen LogP contribution in [0.4, 0.5) is 5.69 Å². The summed E-state index contributed by atoms with van der Waals surface area (Å²) in [6.45, 7) is 4.45. The fourth-order valence-corrected chi connectivity index (χ4v) is 3.77. The molecule has 32 heavy (non-hydrogen) atoms. The monoisotopic (exact) mass is 432 g/mol. The fourth-order valence-electron chi connectivity index (χ4n) is 3.77. The van der Waals surface area contributed by atoms with Gasteiger partial charge in [-0.1, -0.05) is 48.5 Å². The Labute approximate surface area is 188 Å². The van der Waals surface area contributed by atoms with Crippen molar-refractivity contribution >= 4 is 11.8 Å². The van der Waals surface area contributed by atoms with Gasteiger partial charge in [0.05, 0.1) is 19.3 Å². The lowest BCUT2D eigenvalue weighted by molar-refractivity contribution is 0.226. The second-order valence-electron chi connectivity index (χ2n) is 7.63. The minimum Gasteiger partial charge on any atom is -0.495 e. The van der Waals surface area contributed by atoms with E-state index in [0.717, 1.165) is 43.2 Å². The van der Waals surface area contributed by atoms with Crippen molar-refractivity contribution in [1.29, 1.82) is 0 Å². The maximum atomic E-state index is 12.4. The van der Waals surface area contributed by atoms with E-state index in [0.29, 0.717) is 18.9 Å². The van der Waals surface area contributed by atoms with Gasteiger partial charge in [0.15, 0.2) is 0 Å². The van der Waals surface area contributed by atoms with Crippen LogP contribution in [0, 0.1) is 0 Å². The number of hydrogen-bond acceptors (Lipinski definition) is 6. The summed E-state index contributed by atoms with van der Waals surface area (Å²) in [6.07, 6.45) is 5.25. The molecule has 1 saturated heterocycles. The van der Waals surface area contributed by atoms with Gasteiger partial charge in [0, 0.05) is 32.2 Å². The van der Waals surface area contributed by atoms with Gasteiger partial charge in [-0.3, -0.25) is 9.69 Å². The number of piperazine rings is 1. The molecule has 6 heteroatoms. The molecule has 6 nitrogen and oxygen atoms in total. The lowest BCUT2D eigenvalue weighted by atomic mass is 10.2. The van der Waals surface area contributed by atoms with Crippen LogP contribution < -0.4 is 19.8 Å². The molecule has 0 radical (unpaired) electrons. The van der Waals surface area contributed by atoms with Gasteiger partial charge in [-0.05, 0) is 23.8 Å². The van der Waals surface area contributed by atoms with E-state index in [1.807, 2.05) is 60.7 Å². The molecule has 3 aromatic rings. The summed E-state index contributed by atoms with van der Waals surface area (Å²) in [5.41, 5.74) is 2.04. The number of ether oxygens (including phenoxy) is 2. The van der Waals surface area contributed by atoms with Crippen LogP contribution in [0.3, 0.4) is 0 Å². The Balaban J connectivity index is 1.28. The highest BCUT2D eigenvalue weighted by Crippen LogP contribution is 2.28.